The van der Waals surface area contributed by atoms with Crippen molar-refractivity contribution in [3.8, 4) is 0 Å². The minimum absolute atomic E-state index is 0.0273. The molecule has 2 rings (SSSR count). The first kappa shape index (κ1) is 18.9. The highest BCUT2D eigenvalue weighted by atomic mass is 32.2. The number of nitrogens with one attached hydrogen (secondary N) is 2. The van der Waals surface area contributed by atoms with Crippen LogP contribution in [0.15, 0.2) is 9.42 Å². The van der Waals surface area contributed by atoms with Gasteiger partial charge in [-0.2, -0.15) is 4.72 Å². The van der Waals surface area contributed by atoms with Gasteiger partial charge >= 0.3 is 0 Å². The molecule has 2 N–H and O–H groups in total. The Morgan fingerprint density at radius 1 is 1.33 bits per heavy atom. The number of sulfonamides is 1. The normalized spacial score (nSPS) is 17.2. The first-order valence-corrected chi connectivity index (χ1v) is 9.59. The quantitative estimate of drug-likeness (QED) is 0.738. The van der Waals surface area contributed by atoms with Crippen molar-refractivity contribution in [3.63, 3.8) is 0 Å². The van der Waals surface area contributed by atoms with Gasteiger partial charge in [-0.3, -0.25) is 4.79 Å². The van der Waals surface area contributed by atoms with E-state index in [9.17, 15) is 13.2 Å². The van der Waals surface area contributed by atoms with Crippen LogP contribution in [-0.2, 0) is 14.8 Å². The van der Waals surface area contributed by atoms with Gasteiger partial charge in [-0.05, 0) is 33.7 Å². The van der Waals surface area contributed by atoms with Crippen molar-refractivity contribution < 1.29 is 17.7 Å². The van der Waals surface area contributed by atoms with Crippen molar-refractivity contribution in [2.75, 3.05) is 27.2 Å². The lowest BCUT2D eigenvalue weighted by atomic mass is 9.97. The number of nitrogens with zero attached hydrogens (tertiary/aromatic N) is 2. The first-order valence-electron chi connectivity index (χ1n) is 8.10. The van der Waals surface area contributed by atoms with Crippen LogP contribution in [0.1, 0.15) is 37.1 Å². The molecule has 136 valence electrons. The highest BCUT2D eigenvalue weighted by molar-refractivity contribution is 7.89. The third-order valence-corrected chi connectivity index (χ3v) is 6.26. The fourth-order valence-electron chi connectivity index (χ4n) is 3.25. The minimum atomic E-state index is -3.89. The summed E-state index contributed by atoms with van der Waals surface area (Å²) in [6, 6.07) is 0. The summed E-state index contributed by atoms with van der Waals surface area (Å²) in [6.45, 7) is 4.29. The molecule has 1 saturated carbocycles. The van der Waals surface area contributed by atoms with Crippen molar-refractivity contribution in [1.82, 2.24) is 20.1 Å². The maximum absolute atomic E-state index is 12.9. The van der Waals surface area contributed by atoms with Crippen LogP contribution in [0.4, 0.5) is 0 Å². The van der Waals surface area contributed by atoms with Gasteiger partial charge in [0, 0.05) is 20.1 Å². The summed E-state index contributed by atoms with van der Waals surface area (Å²) in [4.78, 5) is 14.5. The highest BCUT2D eigenvalue weighted by Gasteiger charge is 2.46. The number of aryl methyl sites for hydroxylation is 2. The zero-order valence-electron chi connectivity index (χ0n) is 14.7. The zero-order valence-corrected chi connectivity index (χ0v) is 15.5. The van der Waals surface area contributed by atoms with Crippen molar-refractivity contribution in [2.45, 2.75) is 50.0 Å². The van der Waals surface area contributed by atoms with E-state index in [2.05, 4.69) is 15.2 Å². The molecule has 0 bridgehead atoms. The van der Waals surface area contributed by atoms with Crippen LogP contribution >= 0.6 is 0 Å². The van der Waals surface area contributed by atoms with Crippen molar-refractivity contribution in [1.29, 1.82) is 0 Å². The molecule has 0 aliphatic heterocycles. The molecule has 0 radical (unpaired) electrons. The number of carbonyl (C=O) groups excluding carboxylic acids is 1. The van der Waals surface area contributed by atoms with E-state index in [1.807, 2.05) is 7.05 Å². The number of rotatable bonds is 7. The van der Waals surface area contributed by atoms with Gasteiger partial charge in [0.2, 0.25) is 15.9 Å². The molecule has 0 atom stereocenters. The van der Waals surface area contributed by atoms with Crippen LogP contribution in [0.3, 0.4) is 0 Å². The van der Waals surface area contributed by atoms with Gasteiger partial charge in [0.15, 0.2) is 5.76 Å². The Balaban J connectivity index is 2.30. The number of hydrogen-bond acceptors (Lipinski definition) is 6. The number of aromatic nitrogens is 1. The van der Waals surface area contributed by atoms with Gasteiger partial charge in [0.1, 0.15) is 16.1 Å². The Labute approximate surface area is 143 Å². The summed E-state index contributed by atoms with van der Waals surface area (Å²) < 4.78 is 33.3. The summed E-state index contributed by atoms with van der Waals surface area (Å²) in [5, 5.41) is 6.69. The van der Waals surface area contributed by atoms with Crippen LogP contribution in [-0.4, -0.2) is 57.1 Å². The molecule has 9 heteroatoms. The van der Waals surface area contributed by atoms with E-state index >= 15 is 0 Å². The van der Waals surface area contributed by atoms with E-state index < -0.39 is 15.6 Å². The van der Waals surface area contributed by atoms with Crippen LogP contribution in [0.2, 0.25) is 0 Å². The average Bonchev–Trinajstić information content (AvgIpc) is 3.11. The molecule has 1 aromatic rings. The monoisotopic (exact) mass is 358 g/mol. The lowest BCUT2D eigenvalue weighted by Gasteiger charge is -2.33. The van der Waals surface area contributed by atoms with E-state index in [0.717, 1.165) is 12.8 Å². The third kappa shape index (κ3) is 3.62. The van der Waals surface area contributed by atoms with Gasteiger partial charge < -0.3 is 14.7 Å². The Morgan fingerprint density at radius 2 is 1.96 bits per heavy atom. The fraction of sp³-hybridized carbons (Fsp3) is 0.733. The van der Waals surface area contributed by atoms with Gasteiger partial charge in [-0.25, -0.2) is 8.42 Å². The summed E-state index contributed by atoms with van der Waals surface area (Å²) >= 11 is 0. The predicted molar refractivity (Wildman–Crippen MR) is 89.1 cm³/mol. The van der Waals surface area contributed by atoms with E-state index in [1.165, 1.54) is 0 Å². The number of amides is 1. The van der Waals surface area contributed by atoms with Crippen LogP contribution in [0, 0.1) is 13.8 Å². The molecule has 0 unspecified atom stereocenters. The molecule has 1 amide bonds. The Kier molecular flexibility index (Phi) is 5.67. The van der Waals surface area contributed by atoms with Crippen LogP contribution < -0.4 is 10.0 Å². The Hall–Kier alpha value is -1.45. The SMILES string of the molecule is CNCCN(C)C(=O)C1(NS(=O)(=O)c2c(C)noc2C)CCCC1. The Bertz CT molecular complexity index is 673. The molecule has 0 saturated heterocycles. The van der Waals surface area contributed by atoms with Gasteiger partial charge in [-0.1, -0.05) is 18.0 Å². The van der Waals surface area contributed by atoms with E-state index in [4.69, 9.17) is 4.52 Å². The Morgan fingerprint density at radius 3 is 2.46 bits per heavy atom. The van der Waals surface area contributed by atoms with Gasteiger partial charge in [-0.15, -0.1) is 0 Å². The summed E-state index contributed by atoms with van der Waals surface area (Å²) in [5.74, 6) is 0.0368. The lowest BCUT2D eigenvalue weighted by Crippen LogP contribution is -2.57. The molecule has 1 aliphatic rings. The predicted octanol–water partition coefficient (Wildman–Crippen LogP) is 0.560. The summed E-state index contributed by atoms with van der Waals surface area (Å²) in [7, 11) is -0.381. The second kappa shape index (κ2) is 7.20. The maximum Gasteiger partial charge on any atom is 0.246 e. The topological polar surface area (TPSA) is 105 Å². The number of hydrogen-bond donors (Lipinski definition) is 2. The van der Waals surface area contributed by atoms with Crippen molar-refractivity contribution >= 4 is 15.9 Å². The van der Waals surface area contributed by atoms with Crippen molar-refractivity contribution in [2.24, 2.45) is 0 Å². The second-order valence-electron chi connectivity index (χ2n) is 6.38. The smallest absolute Gasteiger partial charge is 0.246 e. The lowest BCUT2D eigenvalue weighted by molar-refractivity contribution is -0.136. The highest BCUT2D eigenvalue weighted by Crippen LogP contribution is 2.33. The van der Waals surface area contributed by atoms with Gasteiger partial charge in [0.25, 0.3) is 0 Å². The second-order valence-corrected chi connectivity index (χ2v) is 8.00. The molecule has 0 aromatic carbocycles. The minimum Gasteiger partial charge on any atom is -0.360 e. The molecule has 0 spiro atoms. The summed E-state index contributed by atoms with van der Waals surface area (Å²) in [5.41, 5.74) is -0.790. The largest absolute Gasteiger partial charge is 0.360 e. The molecule has 1 fully saturated rings. The average molecular weight is 358 g/mol. The standard InChI is InChI=1S/C15H26N4O4S/c1-11-13(12(2)23-17-11)24(21,22)18-15(7-5-6-8-15)14(20)19(4)10-9-16-3/h16,18H,5-10H2,1-4H3. The molecule has 1 aliphatic carbocycles. The summed E-state index contributed by atoms with van der Waals surface area (Å²) in [6.07, 6.45) is 2.63. The third-order valence-electron chi connectivity index (χ3n) is 4.48. The van der Waals surface area contributed by atoms with E-state index in [-0.39, 0.29) is 16.6 Å². The molecule has 8 nitrogen and oxygen atoms in total. The molecule has 24 heavy (non-hydrogen) atoms. The maximum atomic E-state index is 12.9. The molecular formula is C15H26N4O4S. The zero-order chi connectivity index (χ0) is 18.0. The van der Waals surface area contributed by atoms with Crippen LogP contribution in [0.5, 0.6) is 0 Å². The van der Waals surface area contributed by atoms with E-state index in [0.29, 0.717) is 31.6 Å². The van der Waals surface area contributed by atoms with Crippen LogP contribution in [0.25, 0.3) is 0 Å². The van der Waals surface area contributed by atoms with Crippen molar-refractivity contribution in [3.05, 3.63) is 11.5 Å². The number of carbonyl (C=O) groups is 1. The fourth-order valence-corrected chi connectivity index (χ4v) is 5.00. The number of likely N-dealkylation sites (N-methyl/N-ethyl adjacent to an activating group) is 2. The first-order chi connectivity index (χ1) is 11.2. The molecular weight excluding hydrogens is 332 g/mol. The van der Waals surface area contributed by atoms with E-state index in [1.54, 1.807) is 25.8 Å². The molecule has 1 aromatic heterocycles. The molecule has 1 heterocycles. The van der Waals surface area contributed by atoms with Gasteiger partial charge in [0.05, 0.1) is 0 Å².